The second kappa shape index (κ2) is 3.57. The highest BCUT2D eigenvalue weighted by Crippen LogP contribution is 2.32. The van der Waals surface area contributed by atoms with E-state index in [0.717, 1.165) is 0 Å². The van der Waals surface area contributed by atoms with E-state index in [9.17, 15) is 4.79 Å². The third-order valence-electron chi connectivity index (χ3n) is 1.98. The van der Waals surface area contributed by atoms with Crippen LogP contribution in [-0.2, 0) is 4.74 Å². The molecular formula is C10H10O4. The first-order valence-electron chi connectivity index (χ1n) is 4.30. The van der Waals surface area contributed by atoms with E-state index in [2.05, 4.69) is 0 Å². The first-order chi connectivity index (χ1) is 6.83. The van der Waals surface area contributed by atoms with Gasteiger partial charge in [-0.2, -0.15) is 0 Å². The zero-order chi connectivity index (χ0) is 9.97. The van der Waals surface area contributed by atoms with Crippen LogP contribution >= 0.6 is 0 Å². The van der Waals surface area contributed by atoms with Crippen molar-refractivity contribution < 1.29 is 19.0 Å². The Kier molecular flexibility index (Phi) is 2.26. The van der Waals surface area contributed by atoms with E-state index < -0.39 is 0 Å². The highest BCUT2D eigenvalue weighted by atomic mass is 16.6. The summed E-state index contributed by atoms with van der Waals surface area (Å²) >= 11 is 0. The fourth-order valence-electron chi connectivity index (χ4n) is 1.34. The van der Waals surface area contributed by atoms with Gasteiger partial charge in [0.05, 0.1) is 7.11 Å². The van der Waals surface area contributed by atoms with Crippen molar-refractivity contribution >= 4 is 5.97 Å². The number of para-hydroxylation sites is 1. The molecular weight excluding hydrogens is 184 g/mol. The van der Waals surface area contributed by atoms with Crippen LogP contribution in [0.25, 0.3) is 0 Å². The molecule has 0 saturated carbocycles. The standard InChI is InChI=1S/C10H10O4/c1-12-8-4-2-3-7-9(8)13-5-6-14-10(7)11/h2-4H,5-6H2,1H3. The Bertz CT molecular complexity index is 359. The maximum atomic E-state index is 11.4. The summed E-state index contributed by atoms with van der Waals surface area (Å²) in [5, 5.41) is 0. The van der Waals surface area contributed by atoms with Gasteiger partial charge >= 0.3 is 5.97 Å². The van der Waals surface area contributed by atoms with Crippen LogP contribution in [0.15, 0.2) is 18.2 Å². The lowest BCUT2D eigenvalue weighted by atomic mass is 10.2. The normalized spacial score (nSPS) is 14.8. The average Bonchev–Trinajstić information content (AvgIpc) is 2.41. The van der Waals surface area contributed by atoms with Gasteiger partial charge in [-0.25, -0.2) is 4.79 Å². The van der Waals surface area contributed by atoms with Crippen LogP contribution in [0.4, 0.5) is 0 Å². The Hall–Kier alpha value is -1.71. The summed E-state index contributed by atoms with van der Waals surface area (Å²) in [5.41, 5.74) is 0.418. The monoisotopic (exact) mass is 194 g/mol. The van der Waals surface area contributed by atoms with Gasteiger partial charge in [0, 0.05) is 0 Å². The predicted octanol–water partition coefficient (Wildman–Crippen LogP) is 1.24. The Morgan fingerprint density at radius 1 is 1.29 bits per heavy atom. The first kappa shape index (κ1) is 8.87. The third kappa shape index (κ3) is 1.39. The summed E-state index contributed by atoms with van der Waals surface area (Å²) < 4.78 is 15.4. The Balaban J connectivity index is 2.51. The molecule has 1 aliphatic heterocycles. The number of benzene rings is 1. The molecule has 74 valence electrons. The molecule has 0 saturated heterocycles. The fourth-order valence-corrected chi connectivity index (χ4v) is 1.34. The van der Waals surface area contributed by atoms with E-state index >= 15 is 0 Å². The van der Waals surface area contributed by atoms with Crippen LogP contribution in [0.5, 0.6) is 11.5 Å². The highest BCUT2D eigenvalue weighted by Gasteiger charge is 2.20. The number of hydrogen-bond donors (Lipinski definition) is 0. The van der Waals surface area contributed by atoms with Gasteiger partial charge in [-0.05, 0) is 12.1 Å². The number of ether oxygens (including phenoxy) is 3. The topological polar surface area (TPSA) is 44.8 Å². The molecule has 0 aromatic heterocycles. The van der Waals surface area contributed by atoms with Crippen molar-refractivity contribution in [3.05, 3.63) is 23.8 Å². The molecule has 1 aromatic rings. The lowest BCUT2D eigenvalue weighted by molar-refractivity contribution is 0.0492. The second-order valence-corrected chi connectivity index (χ2v) is 2.82. The molecule has 1 heterocycles. The molecule has 0 bridgehead atoms. The van der Waals surface area contributed by atoms with Crippen LogP contribution in [-0.4, -0.2) is 26.3 Å². The van der Waals surface area contributed by atoms with Crippen LogP contribution in [0.3, 0.4) is 0 Å². The molecule has 14 heavy (non-hydrogen) atoms. The number of methoxy groups -OCH3 is 1. The van der Waals surface area contributed by atoms with Crippen molar-refractivity contribution in [3.63, 3.8) is 0 Å². The minimum Gasteiger partial charge on any atom is -0.493 e. The summed E-state index contributed by atoms with van der Waals surface area (Å²) in [6.45, 7) is 0.635. The molecule has 0 radical (unpaired) electrons. The lowest BCUT2D eigenvalue weighted by Gasteiger charge is -2.08. The number of esters is 1. The van der Waals surface area contributed by atoms with Crippen molar-refractivity contribution in [1.82, 2.24) is 0 Å². The molecule has 0 amide bonds. The van der Waals surface area contributed by atoms with Crippen LogP contribution in [0, 0.1) is 0 Å². The molecule has 0 N–H and O–H groups in total. The summed E-state index contributed by atoms with van der Waals surface area (Å²) in [5.74, 6) is 0.662. The van der Waals surface area contributed by atoms with E-state index in [1.54, 1.807) is 18.2 Å². The number of carbonyl (C=O) groups is 1. The predicted molar refractivity (Wildman–Crippen MR) is 48.8 cm³/mol. The van der Waals surface area contributed by atoms with Crippen molar-refractivity contribution in [2.24, 2.45) is 0 Å². The number of fused-ring (bicyclic) bond motifs is 1. The fraction of sp³-hybridized carbons (Fsp3) is 0.300. The van der Waals surface area contributed by atoms with E-state index in [1.165, 1.54) is 7.11 Å². The third-order valence-corrected chi connectivity index (χ3v) is 1.98. The number of rotatable bonds is 1. The highest BCUT2D eigenvalue weighted by molar-refractivity contribution is 5.93. The summed E-state index contributed by atoms with van der Waals surface area (Å²) in [4.78, 5) is 11.4. The van der Waals surface area contributed by atoms with Crippen molar-refractivity contribution in [2.45, 2.75) is 0 Å². The number of hydrogen-bond acceptors (Lipinski definition) is 4. The van der Waals surface area contributed by atoms with Gasteiger partial charge in [0.2, 0.25) is 0 Å². The molecule has 4 heteroatoms. The Labute approximate surface area is 81.4 Å². The quantitative estimate of drug-likeness (QED) is 0.631. The molecule has 0 unspecified atom stereocenters. The maximum Gasteiger partial charge on any atom is 0.342 e. The lowest BCUT2D eigenvalue weighted by Crippen LogP contribution is -2.05. The SMILES string of the molecule is COc1cccc2c1OCCOC2=O. The molecule has 2 rings (SSSR count). The molecule has 0 atom stereocenters. The minimum atomic E-state index is -0.364. The van der Waals surface area contributed by atoms with Gasteiger partial charge in [-0.3, -0.25) is 0 Å². The average molecular weight is 194 g/mol. The largest absolute Gasteiger partial charge is 0.493 e. The van der Waals surface area contributed by atoms with E-state index in [0.29, 0.717) is 23.7 Å². The Morgan fingerprint density at radius 2 is 2.07 bits per heavy atom. The van der Waals surface area contributed by atoms with Gasteiger partial charge in [0.25, 0.3) is 0 Å². The van der Waals surface area contributed by atoms with Gasteiger partial charge in [-0.15, -0.1) is 0 Å². The zero-order valence-corrected chi connectivity index (χ0v) is 7.78. The molecule has 4 nitrogen and oxygen atoms in total. The number of cyclic esters (lactones) is 1. The van der Waals surface area contributed by atoms with Gasteiger partial charge < -0.3 is 14.2 Å². The molecule has 0 fully saturated rings. The summed E-state index contributed by atoms with van der Waals surface area (Å²) in [6, 6.07) is 5.14. The zero-order valence-electron chi connectivity index (χ0n) is 7.78. The minimum absolute atomic E-state index is 0.274. The smallest absolute Gasteiger partial charge is 0.342 e. The number of carbonyl (C=O) groups excluding carboxylic acids is 1. The van der Waals surface area contributed by atoms with Gasteiger partial charge in [0.1, 0.15) is 18.8 Å². The van der Waals surface area contributed by atoms with E-state index in [4.69, 9.17) is 14.2 Å². The molecule has 1 aliphatic rings. The van der Waals surface area contributed by atoms with Crippen LogP contribution < -0.4 is 9.47 Å². The summed E-state index contributed by atoms with van der Waals surface area (Å²) in [6.07, 6.45) is 0. The molecule has 0 spiro atoms. The second-order valence-electron chi connectivity index (χ2n) is 2.82. The maximum absolute atomic E-state index is 11.4. The van der Waals surface area contributed by atoms with Gasteiger partial charge in [-0.1, -0.05) is 6.07 Å². The van der Waals surface area contributed by atoms with Gasteiger partial charge in [0.15, 0.2) is 11.5 Å². The van der Waals surface area contributed by atoms with Crippen molar-refractivity contribution in [1.29, 1.82) is 0 Å². The van der Waals surface area contributed by atoms with Crippen LogP contribution in [0.2, 0.25) is 0 Å². The molecule has 1 aromatic carbocycles. The molecule has 0 aliphatic carbocycles. The van der Waals surface area contributed by atoms with E-state index in [1.807, 2.05) is 0 Å². The van der Waals surface area contributed by atoms with Crippen molar-refractivity contribution in [3.8, 4) is 11.5 Å². The first-order valence-corrected chi connectivity index (χ1v) is 4.30. The van der Waals surface area contributed by atoms with Crippen LogP contribution in [0.1, 0.15) is 10.4 Å². The summed E-state index contributed by atoms with van der Waals surface area (Å²) in [7, 11) is 1.54. The van der Waals surface area contributed by atoms with Crippen molar-refractivity contribution in [2.75, 3.05) is 20.3 Å². The van der Waals surface area contributed by atoms with E-state index in [-0.39, 0.29) is 12.6 Å². The Morgan fingerprint density at radius 3 is 2.86 bits per heavy atom.